The predicted molar refractivity (Wildman–Crippen MR) is 102 cm³/mol. The first-order chi connectivity index (χ1) is 12.2. The van der Waals surface area contributed by atoms with Crippen LogP contribution in [-0.4, -0.2) is 25.8 Å². The molecule has 2 atom stereocenters. The van der Waals surface area contributed by atoms with Crippen LogP contribution >= 0.6 is 23.2 Å². The van der Waals surface area contributed by atoms with E-state index in [1.54, 1.807) is 6.07 Å². The highest BCUT2D eigenvalue weighted by atomic mass is 35.5. The topological polar surface area (TPSA) is 30.5 Å². The van der Waals surface area contributed by atoms with Gasteiger partial charge in [0, 0.05) is 33.6 Å². The smallest absolute Gasteiger partial charge is 0.165 e. The minimum absolute atomic E-state index is 0.233. The van der Waals surface area contributed by atoms with Gasteiger partial charge in [0.05, 0.1) is 6.61 Å². The van der Waals surface area contributed by atoms with Crippen molar-refractivity contribution in [3.8, 4) is 22.6 Å². The highest BCUT2D eigenvalue weighted by Crippen LogP contribution is 2.49. The molecule has 2 aromatic carbocycles. The summed E-state index contributed by atoms with van der Waals surface area (Å²) in [6.45, 7) is 4.70. The molecular formula is C20H21Cl2NO2. The second-order valence-corrected chi connectivity index (χ2v) is 7.46. The van der Waals surface area contributed by atoms with E-state index in [0.717, 1.165) is 48.6 Å². The zero-order chi connectivity index (χ0) is 17.4. The third kappa shape index (κ3) is 3.21. The lowest BCUT2D eigenvalue weighted by Gasteiger charge is -2.24. The van der Waals surface area contributed by atoms with Gasteiger partial charge in [0.15, 0.2) is 11.5 Å². The summed E-state index contributed by atoms with van der Waals surface area (Å²) in [7, 11) is 0. The SMILES string of the molecule is CCCOc1cc(-c2ccc(Cl)cc2Cl)cc2c1O[C@H]1CCNC[C@@H]21. The number of benzene rings is 2. The fourth-order valence-corrected chi connectivity index (χ4v) is 4.18. The molecule has 3 nitrogen and oxygen atoms in total. The Labute approximate surface area is 158 Å². The van der Waals surface area contributed by atoms with E-state index in [0.29, 0.717) is 22.6 Å². The second-order valence-electron chi connectivity index (χ2n) is 6.62. The maximum absolute atomic E-state index is 6.44. The van der Waals surface area contributed by atoms with Gasteiger partial charge in [-0.3, -0.25) is 0 Å². The molecular weight excluding hydrogens is 357 g/mol. The van der Waals surface area contributed by atoms with Gasteiger partial charge in [-0.15, -0.1) is 0 Å². The average Bonchev–Trinajstić information content (AvgIpc) is 2.98. The van der Waals surface area contributed by atoms with Gasteiger partial charge in [-0.05, 0) is 49.2 Å². The first kappa shape index (κ1) is 17.0. The molecule has 1 saturated heterocycles. The summed E-state index contributed by atoms with van der Waals surface area (Å²) in [6, 6.07) is 9.83. The molecule has 132 valence electrons. The van der Waals surface area contributed by atoms with E-state index in [-0.39, 0.29) is 6.10 Å². The Hall–Kier alpha value is -1.42. The molecule has 1 N–H and O–H groups in total. The molecule has 0 aromatic heterocycles. The minimum Gasteiger partial charge on any atom is -0.490 e. The van der Waals surface area contributed by atoms with Crippen LogP contribution < -0.4 is 14.8 Å². The highest BCUT2D eigenvalue weighted by molar-refractivity contribution is 6.36. The maximum atomic E-state index is 6.44. The molecule has 0 amide bonds. The summed E-state index contributed by atoms with van der Waals surface area (Å²) in [5, 5.41) is 4.75. The van der Waals surface area contributed by atoms with Gasteiger partial charge in [0.2, 0.25) is 0 Å². The van der Waals surface area contributed by atoms with Crippen LogP contribution in [0.1, 0.15) is 31.2 Å². The fraction of sp³-hybridized carbons (Fsp3) is 0.400. The molecule has 5 heteroatoms. The number of fused-ring (bicyclic) bond motifs is 3. The number of hydrogen-bond donors (Lipinski definition) is 1. The van der Waals surface area contributed by atoms with Gasteiger partial charge < -0.3 is 14.8 Å². The third-order valence-electron chi connectivity index (χ3n) is 4.87. The monoisotopic (exact) mass is 377 g/mol. The number of hydrogen-bond acceptors (Lipinski definition) is 3. The Kier molecular flexibility index (Phi) is 4.81. The maximum Gasteiger partial charge on any atom is 0.165 e. The molecule has 2 aromatic rings. The van der Waals surface area contributed by atoms with Crippen LogP contribution in [0, 0.1) is 0 Å². The Morgan fingerprint density at radius 1 is 1.24 bits per heavy atom. The van der Waals surface area contributed by atoms with Gasteiger partial charge in [-0.2, -0.15) is 0 Å². The molecule has 2 aliphatic rings. The Balaban J connectivity index is 1.81. The molecule has 0 saturated carbocycles. The lowest BCUT2D eigenvalue weighted by Crippen LogP contribution is -2.37. The van der Waals surface area contributed by atoms with Crippen molar-refractivity contribution in [3.63, 3.8) is 0 Å². The number of piperidine rings is 1. The van der Waals surface area contributed by atoms with Crippen LogP contribution in [0.3, 0.4) is 0 Å². The van der Waals surface area contributed by atoms with Crippen molar-refractivity contribution in [2.75, 3.05) is 19.7 Å². The molecule has 0 aliphatic carbocycles. The highest BCUT2D eigenvalue weighted by Gasteiger charge is 2.38. The summed E-state index contributed by atoms with van der Waals surface area (Å²) in [5.74, 6) is 2.08. The minimum atomic E-state index is 0.233. The summed E-state index contributed by atoms with van der Waals surface area (Å²) in [4.78, 5) is 0. The molecule has 4 rings (SSSR count). The van der Waals surface area contributed by atoms with Gasteiger partial charge in [0.1, 0.15) is 6.10 Å². The number of nitrogens with one attached hydrogen (secondary N) is 1. The molecule has 2 aliphatic heterocycles. The molecule has 0 bridgehead atoms. The zero-order valence-corrected chi connectivity index (χ0v) is 15.7. The van der Waals surface area contributed by atoms with E-state index in [9.17, 15) is 0 Å². The Bertz CT molecular complexity index is 794. The Morgan fingerprint density at radius 2 is 2.12 bits per heavy atom. The first-order valence-electron chi connectivity index (χ1n) is 8.81. The van der Waals surface area contributed by atoms with Crippen molar-refractivity contribution in [2.24, 2.45) is 0 Å². The van der Waals surface area contributed by atoms with Crippen LogP contribution in [0.2, 0.25) is 10.0 Å². The van der Waals surface area contributed by atoms with E-state index < -0.39 is 0 Å². The standard InChI is InChI=1S/C20H21Cl2NO2/c1-2-7-24-19-9-12(14-4-3-13(21)10-17(14)22)8-15-16-11-23-6-5-18(16)25-20(15)19/h3-4,8-10,16,18,23H,2,5-7,11H2,1H3/t16-,18-/m0/s1. The van der Waals surface area contributed by atoms with E-state index >= 15 is 0 Å². The van der Waals surface area contributed by atoms with Crippen molar-refractivity contribution < 1.29 is 9.47 Å². The molecule has 2 heterocycles. The zero-order valence-electron chi connectivity index (χ0n) is 14.1. The third-order valence-corrected chi connectivity index (χ3v) is 5.42. The van der Waals surface area contributed by atoms with E-state index in [1.807, 2.05) is 18.2 Å². The molecule has 1 fully saturated rings. The van der Waals surface area contributed by atoms with Crippen LogP contribution in [-0.2, 0) is 0 Å². The van der Waals surface area contributed by atoms with E-state index in [4.69, 9.17) is 32.7 Å². The van der Waals surface area contributed by atoms with Crippen molar-refractivity contribution in [3.05, 3.63) is 45.9 Å². The normalized spacial score (nSPS) is 21.4. The van der Waals surface area contributed by atoms with Crippen molar-refractivity contribution in [1.82, 2.24) is 5.32 Å². The quantitative estimate of drug-likeness (QED) is 0.785. The van der Waals surface area contributed by atoms with Crippen molar-refractivity contribution in [1.29, 1.82) is 0 Å². The van der Waals surface area contributed by atoms with Crippen LogP contribution in [0.25, 0.3) is 11.1 Å². The van der Waals surface area contributed by atoms with Crippen molar-refractivity contribution in [2.45, 2.75) is 31.8 Å². The summed E-state index contributed by atoms with van der Waals surface area (Å²) >= 11 is 12.5. The first-order valence-corrected chi connectivity index (χ1v) is 9.56. The fourth-order valence-electron chi connectivity index (χ4n) is 3.66. The lowest BCUT2D eigenvalue weighted by atomic mass is 9.89. The van der Waals surface area contributed by atoms with Crippen molar-refractivity contribution >= 4 is 23.2 Å². The summed E-state index contributed by atoms with van der Waals surface area (Å²) < 4.78 is 12.3. The van der Waals surface area contributed by atoms with Gasteiger partial charge in [-0.25, -0.2) is 0 Å². The summed E-state index contributed by atoms with van der Waals surface area (Å²) in [6.07, 6.45) is 2.20. The molecule has 0 unspecified atom stereocenters. The Morgan fingerprint density at radius 3 is 2.92 bits per heavy atom. The molecule has 0 radical (unpaired) electrons. The average molecular weight is 378 g/mol. The number of ether oxygens (including phenoxy) is 2. The number of halogens is 2. The second kappa shape index (κ2) is 7.06. The molecule has 0 spiro atoms. The lowest BCUT2D eigenvalue weighted by molar-refractivity contribution is 0.165. The van der Waals surface area contributed by atoms with E-state index in [2.05, 4.69) is 18.3 Å². The predicted octanol–water partition coefficient (Wildman–Crippen LogP) is 5.29. The largest absolute Gasteiger partial charge is 0.490 e. The van der Waals surface area contributed by atoms with Gasteiger partial charge in [0.25, 0.3) is 0 Å². The van der Waals surface area contributed by atoms with Crippen LogP contribution in [0.5, 0.6) is 11.5 Å². The van der Waals surface area contributed by atoms with Crippen LogP contribution in [0.4, 0.5) is 0 Å². The number of rotatable bonds is 4. The molecule has 25 heavy (non-hydrogen) atoms. The van der Waals surface area contributed by atoms with E-state index in [1.165, 1.54) is 5.56 Å². The summed E-state index contributed by atoms with van der Waals surface area (Å²) in [5.41, 5.74) is 3.22. The van der Waals surface area contributed by atoms with Crippen LogP contribution in [0.15, 0.2) is 30.3 Å². The van der Waals surface area contributed by atoms with Gasteiger partial charge >= 0.3 is 0 Å². The van der Waals surface area contributed by atoms with Gasteiger partial charge in [-0.1, -0.05) is 36.2 Å².